The molecule has 0 saturated heterocycles. The molecule has 7 nitrogen and oxygen atoms in total. The van der Waals surface area contributed by atoms with Crippen LogP contribution in [0.3, 0.4) is 0 Å². The second-order valence-corrected chi connectivity index (χ2v) is 11.2. The van der Waals surface area contributed by atoms with Crippen LogP contribution in [0.5, 0.6) is 11.5 Å². The standard InChI is InChI=1S/C38H32N2O5S/c1-44-35-21-20-30(23-36(35)45-2)34(41)25-46-32-15-9-14-31(24-32)39-38(43)33(40-37(42)29-12-7-4-8-13-29)22-26-16-18-28(19-17-26)27-10-5-3-6-11-27/h3-24H,25H2,1-2H3,(H,39,43)(H,40,42)/b33-22-. The van der Waals surface area contributed by atoms with E-state index in [1.54, 1.807) is 73.8 Å². The molecule has 0 saturated carbocycles. The molecule has 46 heavy (non-hydrogen) atoms. The Balaban J connectivity index is 1.31. The first kappa shape index (κ1) is 31.8. The van der Waals surface area contributed by atoms with Gasteiger partial charge >= 0.3 is 0 Å². The van der Waals surface area contributed by atoms with Crippen LogP contribution >= 0.6 is 11.8 Å². The van der Waals surface area contributed by atoms with Gasteiger partial charge in [0, 0.05) is 21.7 Å². The van der Waals surface area contributed by atoms with E-state index in [4.69, 9.17) is 9.47 Å². The Kier molecular flexibility index (Phi) is 10.7. The minimum absolute atomic E-state index is 0.0764. The Bertz CT molecular complexity index is 1860. The zero-order valence-corrected chi connectivity index (χ0v) is 26.2. The van der Waals surface area contributed by atoms with Gasteiger partial charge in [-0.15, -0.1) is 11.8 Å². The number of ether oxygens (including phenoxy) is 2. The molecular formula is C38H32N2O5S. The van der Waals surface area contributed by atoms with Crippen molar-refractivity contribution in [2.24, 2.45) is 0 Å². The number of carbonyl (C=O) groups excluding carboxylic acids is 3. The maximum Gasteiger partial charge on any atom is 0.272 e. The summed E-state index contributed by atoms with van der Waals surface area (Å²) in [6, 6.07) is 38.7. The fourth-order valence-electron chi connectivity index (χ4n) is 4.62. The number of methoxy groups -OCH3 is 2. The Morgan fingerprint density at radius 3 is 2.04 bits per heavy atom. The number of rotatable bonds is 12. The van der Waals surface area contributed by atoms with Crippen molar-refractivity contribution in [3.63, 3.8) is 0 Å². The molecule has 0 aromatic heterocycles. The lowest BCUT2D eigenvalue weighted by Crippen LogP contribution is -2.30. The van der Waals surface area contributed by atoms with Gasteiger partial charge in [-0.05, 0) is 71.3 Å². The zero-order chi connectivity index (χ0) is 32.3. The molecule has 0 fully saturated rings. The molecule has 0 heterocycles. The van der Waals surface area contributed by atoms with E-state index in [9.17, 15) is 14.4 Å². The van der Waals surface area contributed by atoms with Crippen LogP contribution in [0.25, 0.3) is 17.2 Å². The van der Waals surface area contributed by atoms with Crippen LogP contribution in [0.1, 0.15) is 26.3 Å². The highest BCUT2D eigenvalue weighted by Gasteiger charge is 2.16. The van der Waals surface area contributed by atoms with Gasteiger partial charge in [-0.25, -0.2) is 0 Å². The molecule has 0 atom stereocenters. The van der Waals surface area contributed by atoms with Crippen molar-refractivity contribution < 1.29 is 23.9 Å². The molecule has 0 unspecified atom stereocenters. The Morgan fingerprint density at radius 2 is 1.35 bits per heavy atom. The fourth-order valence-corrected chi connectivity index (χ4v) is 5.46. The summed E-state index contributed by atoms with van der Waals surface area (Å²) < 4.78 is 10.6. The predicted molar refractivity (Wildman–Crippen MR) is 183 cm³/mol. The lowest BCUT2D eigenvalue weighted by molar-refractivity contribution is -0.113. The van der Waals surface area contributed by atoms with E-state index in [2.05, 4.69) is 10.6 Å². The second-order valence-electron chi connectivity index (χ2n) is 10.1. The maximum atomic E-state index is 13.6. The largest absolute Gasteiger partial charge is 0.493 e. The number of carbonyl (C=O) groups is 3. The van der Waals surface area contributed by atoms with Crippen molar-refractivity contribution in [3.8, 4) is 22.6 Å². The summed E-state index contributed by atoms with van der Waals surface area (Å²) in [5, 5.41) is 5.67. The number of nitrogens with one attached hydrogen (secondary N) is 2. The van der Waals surface area contributed by atoms with E-state index >= 15 is 0 Å². The second kappa shape index (κ2) is 15.4. The minimum Gasteiger partial charge on any atom is -0.493 e. The van der Waals surface area contributed by atoms with Gasteiger partial charge in [0.2, 0.25) is 0 Å². The summed E-state index contributed by atoms with van der Waals surface area (Å²) in [5.74, 6) is 0.254. The third-order valence-electron chi connectivity index (χ3n) is 7.02. The molecule has 0 aliphatic carbocycles. The van der Waals surface area contributed by atoms with Gasteiger partial charge in [0.05, 0.1) is 20.0 Å². The molecule has 2 N–H and O–H groups in total. The van der Waals surface area contributed by atoms with Crippen molar-refractivity contribution in [1.82, 2.24) is 5.32 Å². The monoisotopic (exact) mass is 628 g/mol. The first-order valence-electron chi connectivity index (χ1n) is 14.5. The van der Waals surface area contributed by atoms with Crippen molar-refractivity contribution in [2.75, 3.05) is 25.3 Å². The maximum absolute atomic E-state index is 13.6. The number of anilines is 1. The molecular weight excluding hydrogens is 596 g/mol. The molecule has 5 aromatic rings. The van der Waals surface area contributed by atoms with Crippen molar-refractivity contribution in [3.05, 3.63) is 150 Å². The van der Waals surface area contributed by atoms with E-state index in [1.807, 2.05) is 66.7 Å². The highest BCUT2D eigenvalue weighted by atomic mass is 32.2. The van der Waals surface area contributed by atoms with E-state index in [-0.39, 0.29) is 17.2 Å². The number of hydrogen-bond acceptors (Lipinski definition) is 6. The van der Waals surface area contributed by atoms with Crippen molar-refractivity contribution in [2.45, 2.75) is 4.90 Å². The van der Waals surface area contributed by atoms with Crippen LogP contribution < -0.4 is 20.1 Å². The third-order valence-corrected chi connectivity index (χ3v) is 8.02. The first-order valence-corrected chi connectivity index (χ1v) is 15.4. The quantitative estimate of drug-likeness (QED) is 0.0834. The van der Waals surface area contributed by atoms with Crippen LogP contribution in [-0.4, -0.2) is 37.6 Å². The molecule has 2 amide bonds. The molecule has 8 heteroatoms. The normalized spacial score (nSPS) is 11.0. The average Bonchev–Trinajstić information content (AvgIpc) is 3.11. The average molecular weight is 629 g/mol. The Labute approximate surface area is 272 Å². The third kappa shape index (κ3) is 8.31. The van der Waals surface area contributed by atoms with Crippen molar-refractivity contribution in [1.29, 1.82) is 0 Å². The van der Waals surface area contributed by atoms with E-state index < -0.39 is 11.8 Å². The zero-order valence-electron chi connectivity index (χ0n) is 25.4. The molecule has 0 aliphatic rings. The summed E-state index contributed by atoms with van der Waals surface area (Å²) in [6.45, 7) is 0. The number of amides is 2. The SMILES string of the molecule is COc1ccc(C(=O)CSc2cccc(NC(=O)/C(=C/c3ccc(-c4ccccc4)cc3)NC(=O)c3ccccc3)c2)cc1OC. The van der Waals surface area contributed by atoms with Crippen LogP contribution in [0.15, 0.2) is 138 Å². The Hall–Kier alpha value is -5.60. The number of Topliss-reactive ketones (excluding diaryl/α,β-unsaturated/α-hetero) is 1. The summed E-state index contributed by atoms with van der Waals surface area (Å²) >= 11 is 1.35. The number of benzene rings is 5. The molecule has 230 valence electrons. The van der Waals surface area contributed by atoms with Crippen LogP contribution in [-0.2, 0) is 4.79 Å². The van der Waals surface area contributed by atoms with Gasteiger partial charge in [-0.2, -0.15) is 0 Å². The molecule has 0 bridgehead atoms. The lowest BCUT2D eigenvalue weighted by atomic mass is 10.0. The topological polar surface area (TPSA) is 93.7 Å². The fraction of sp³-hybridized carbons (Fsp3) is 0.0789. The van der Waals surface area contributed by atoms with Crippen LogP contribution in [0, 0.1) is 0 Å². The number of hydrogen-bond donors (Lipinski definition) is 2. The van der Waals surface area contributed by atoms with Crippen molar-refractivity contribution >= 4 is 41.1 Å². The van der Waals surface area contributed by atoms with Gasteiger partial charge in [-0.3, -0.25) is 14.4 Å². The lowest BCUT2D eigenvalue weighted by Gasteiger charge is -2.12. The van der Waals surface area contributed by atoms with Gasteiger partial charge < -0.3 is 20.1 Å². The number of thioether (sulfide) groups is 1. The highest BCUT2D eigenvalue weighted by Crippen LogP contribution is 2.29. The van der Waals surface area contributed by atoms with Gasteiger partial charge in [-0.1, -0.05) is 78.9 Å². The van der Waals surface area contributed by atoms with Gasteiger partial charge in [0.1, 0.15) is 5.70 Å². The van der Waals surface area contributed by atoms with Gasteiger partial charge in [0.25, 0.3) is 11.8 Å². The molecule has 5 rings (SSSR count). The summed E-state index contributed by atoms with van der Waals surface area (Å²) in [7, 11) is 3.07. The van der Waals surface area contributed by atoms with Crippen LogP contribution in [0.2, 0.25) is 0 Å². The van der Waals surface area contributed by atoms with E-state index in [1.165, 1.54) is 18.9 Å². The van der Waals surface area contributed by atoms with E-state index in [0.717, 1.165) is 21.6 Å². The predicted octanol–water partition coefficient (Wildman–Crippen LogP) is 7.76. The van der Waals surface area contributed by atoms with E-state index in [0.29, 0.717) is 28.3 Å². The summed E-state index contributed by atoms with van der Waals surface area (Å²) in [6.07, 6.45) is 1.64. The molecule has 5 aromatic carbocycles. The molecule has 0 spiro atoms. The molecule has 0 aliphatic heterocycles. The summed E-state index contributed by atoms with van der Waals surface area (Å²) in [4.78, 5) is 40.3. The minimum atomic E-state index is -0.486. The first-order chi connectivity index (χ1) is 22.4. The Morgan fingerprint density at radius 1 is 0.674 bits per heavy atom. The molecule has 0 radical (unpaired) electrons. The van der Waals surface area contributed by atoms with Gasteiger partial charge in [0.15, 0.2) is 17.3 Å². The highest BCUT2D eigenvalue weighted by molar-refractivity contribution is 8.00. The summed E-state index contributed by atoms with van der Waals surface area (Å²) in [5.41, 5.74) is 4.41. The number of ketones is 1. The smallest absolute Gasteiger partial charge is 0.272 e. The van der Waals surface area contributed by atoms with Crippen LogP contribution in [0.4, 0.5) is 5.69 Å².